The van der Waals surface area contributed by atoms with Crippen LogP contribution in [0.3, 0.4) is 0 Å². The zero-order valence-electron chi connectivity index (χ0n) is 12.5. The number of aliphatic carboxylic acids is 1. The topological polar surface area (TPSA) is 69.6 Å². The van der Waals surface area contributed by atoms with Gasteiger partial charge in [-0.15, -0.1) is 0 Å². The van der Waals surface area contributed by atoms with Crippen molar-refractivity contribution in [2.24, 2.45) is 11.3 Å². The lowest BCUT2D eigenvalue weighted by atomic mass is 9.76. The number of nitrogens with one attached hydrogen (secondary N) is 1. The van der Waals surface area contributed by atoms with E-state index >= 15 is 0 Å². The molecular formula is C15H26N2O3. The molecule has 0 saturated carbocycles. The molecule has 1 amide bonds. The van der Waals surface area contributed by atoms with Gasteiger partial charge in [0.05, 0.1) is 11.5 Å². The van der Waals surface area contributed by atoms with E-state index in [4.69, 9.17) is 0 Å². The van der Waals surface area contributed by atoms with Crippen LogP contribution in [0.15, 0.2) is 0 Å². The Labute approximate surface area is 120 Å². The predicted octanol–water partition coefficient (Wildman–Crippen LogP) is 1.48. The molecular weight excluding hydrogens is 256 g/mol. The monoisotopic (exact) mass is 282 g/mol. The fourth-order valence-corrected chi connectivity index (χ4v) is 3.65. The molecule has 20 heavy (non-hydrogen) atoms. The third kappa shape index (κ3) is 2.82. The summed E-state index contributed by atoms with van der Waals surface area (Å²) in [5.74, 6) is -0.310. The highest BCUT2D eigenvalue weighted by Gasteiger charge is 2.44. The minimum atomic E-state index is -0.746. The maximum Gasteiger partial charge on any atom is 0.311 e. The fraction of sp³-hybridized carbons (Fsp3) is 0.867. The lowest BCUT2D eigenvalue weighted by molar-refractivity contribution is -0.156. The Kier molecular flexibility index (Phi) is 4.68. The van der Waals surface area contributed by atoms with Gasteiger partial charge in [-0.25, -0.2) is 0 Å². The standard InChI is InChI=1S/C15H26N2O3/c1-3-6-15(14(19)20)7-4-9-17(10-15)13(18)12-11(2)5-8-16-12/h11-12,16H,3-10H2,1-2H3,(H,19,20). The molecule has 0 bridgehead atoms. The zero-order chi connectivity index (χ0) is 14.8. The predicted molar refractivity (Wildman–Crippen MR) is 76.4 cm³/mol. The van der Waals surface area contributed by atoms with Gasteiger partial charge in [-0.2, -0.15) is 0 Å². The smallest absolute Gasteiger partial charge is 0.311 e. The molecule has 3 atom stereocenters. The number of carboxylic acids is 1. The van der Waals surface area contributed by atoms with Crippen LogP contribution in [0.2, 0.25) is 0 Å². The van der Waals surface area contributed by atoms with Crippen molar-refractivity contribution in [3.8, 4) is 0 Å². The maximum absolute atomic E-state index is 12.6. The Bertz CT molecular complexity index is 381. The lowest BCUT2D eigenvalue weighted by Crippen LogP contribution is -2.54. The number of carbonyl (C=O) groups is 2. The van der Waals surface area contributed by atoms with Crippen LogP contribution in [0.4, 0.5) is 0 Å². The highest BCUT2D eigenvalue weighted by atomic mass is 16.4. The lowest BCUT2D eigenvalue weighted by Gasteiger charge is -2.41. The molecule has 0 radical (unpaired) electrons. The molecule has 5 nitrogen and oxygen atoms in total. The third-order valence-electron chi connectivity index (χ3n) is 4.87. The van der Waals surface area contributed by atoms with Crippen molar-refractivity contribution in [3.05, 3.63) is 0 Å². The van der Waals surface area contributed by atoms with E-state index in [1.54, 1.807) is 4.90 Å². The van der Waals surface area contributed by atoms with Gasteiger partial charge in [-0.05, 0) is 38.1 Å². The molecule has 5 heteroatoms. The quantitative estimate of drug-likeness (QED) is 0.819. The molecule has 2 rings (SSSR count). The van der Waals surface area contributed by atoms with Crippen LogP contribution < -0.4 is 5.32 Å². The molecule has 3 unspecified atom stereocenters. The number of rotatable bonds is 4. The summed E-state index contributed by atoms with van der Waals surface area (Å²) < 4.78 is 0. The summed E-state index contributed by atoms with van der Waals surface area (Å²) in [6.45, 7) is 6.04. The number of nitrogens with zero attached hydrogens (tertiary/aromatic N) is 1. The van der Waals surface area contributed by atoms with Gasteiger partial charge in [0.15, 0.2) is 0 Å². The van der Waals surface area contributed by atoms with Gasteiger partial charge in [-0.1, -0.05) is 20.3 Å². The maximum atomic E-state index is 12.6. The van der Waals surface area contributed by atoms with Gasteiger partial charge in [0.25, 0.3) is 0 Å². The Morgan fingerprint density at radius 2 is 2.20 bits per heavy atom. The normalized spacial score (nSPS) is 34.2. The SMILES string of the molecule is CCCC1(C(=O)O)CCCN(C(=O)C2NCCC2C)C1. The first-order chi connectivity index (χ1) is 9.50. The van der Waals surface area contributed by atoms with Crippen LogP contribution >= 0.6 is 0 Å². The van der Waals surface area contributed by atoms with E-state index in [1.807, 2.05) is 6.92 Å². The van der Waals surface area contributed by atoms with E-state index in [1.165, 1.54) is 0 Å². The van der Waals surface area contributed by atoms with Crippen molar-refractivity contribution >= 4 is 11.9 Å². The van der Waals surface area contributed by atoms with Crippen LogP contribution in [0.1, 0.15) is 46.0 Å². The summed E-state index contributed by atoms with van der Waals surface area (Å²) in [6.07, 6.45) is 3.99. The first-order valence-corrected chi connectivity index (χ1v) is 7.76. The van der Waals surface area contributed by atoms with Crippen molar-refractivity contribution in [2.75, 3.05) is 19.6 Å². The molecule has 0 aliphatic carbocycles. The molecule has 0 aromatic rings. The molecule has 0 spiro atoms. The van der Waals surface area contributed by atoms with Gasteiger partial charge in [0.1, 0.15) is 0 Å². The van der Waals surface area contributed by atoms with Crippen LogP contribution in [0, 0.1) is 11.3 Å². The van der Waals surface area contributed by atoms with Gasteiger partial charge < -0.3 is 15.3 Å². The average Bonchev–Trinajstić information content (AvgIpc) is 2.84. The van der Waals surface area contributed by atoms with E-state index in [9.17, 15) is 14.7 Å². The largest absolute Gasteiger partial charge is 0.481 e. The van der Waals surface area contributed by atoms with Gasteiger partial charge >= 0.3 is 5.97 Å². The van der Waals surface area contributed by atoms with Crippen LogP contribution in [0.25, 0.3) is 0 Å². The Morgan fingerprint density at radius 1 is 1.45 bits per heavy atom. The summed E-state index contributed by atoms with van der Waals surface area (Å²) >= 11 is 0. The second-order valence-corrected chi connectivity index (χ2v) is 6.40. The van der Waals surface area contributed by atoms with Crippen molar-refractivity contribution in [1.29, 1.82) is 0 Å². The van der Waals surface area contributed by atoms with Crippen LogP contribution in [-0.4, -0.2) is 47.6 Å². The molecule has 2 saturated heterocycles. The minimum absolute atomic E-state index is 0.0939. The van der Waals surface area contributed by atoms with Crippen LogP contribution in [0.5, 0.6) is 0 Å². The minimum Gasteiger partial charge on any atom is -0.481 e. The number of amides is 1. The third-order valence-corrected chi connectivity index (χ3v) is 4.87. The summed E-state index contributed by atoms with van der Waals surface area (Å²) in [4.78, 5) is 26.0. The second-order valence-electron chi connectivity index (χ2n) is 6.40. The molecule has 114 valence electrons. The van der Waals surface area contributed by atoms with E-state index in [0.29, 0.717) is 31.8 Å². The number of piperidine rings is 1. The molecule has 0 aromatic carbocycles. The van der Waals surface area contributed by atoms with Crippen LogP contribution in [-0.2, 0) is 9.59 Å². The van der Waals surface area contributed by atoms with Crippen molar-refractivity contribution in [2.45, 2.75) is 52.0 Å². The summed E-state index contributed by atoms with van der Waals surface area (Å²) in [5.41, 5.74) is -0.732. The number of likely N-dealkylation sites (tertiary alicyclic amines) is 1. The second kappa shape index (κ2) is 6.12. The highest BCUT2D eigenvalue weighted by molar-refractivity contribution is 5.84. The van der Waals surface area contributed by atoms with Gasteiger partial charge in [0, 0.05) is 13.1 Å². The summed E-state index contributed by atoms with van der Waals surface area (Å²) in [7, 11) is 0. The Balaban J connectivity index is 2.09. The molecule has 2 aliphatic rings. The molecule has 2 fully saturated rings. The summed E-state index contributed by atoms with van der Waals surface area (Å²) in [5, 5.41) is 12.8. The molecule has 0 aromatic heterocycles. The number of hydrogen-bond donors (Lipinski definition) is 2. The van der Waals surface area contributed by atoms with E-state index in [-0.39, 0.29) is 11.9 Å². The number of hydrogen-bond acceptors (Lipinski definition) is 3. The van der Waals surface area contributed by atoms with E-state index in [2.05, 4.69) is 12.2 Å². The molecule has 2 aliphatic heterocycles. The average molecular weight is 282 g/mol. The number of carbonyl (C=O) groups excluding carboxylic acids is 1. The van der Waals surface area contributed by atoms with Crippen molar-refractivity contribution < 1.29 is 14.7 Å². The summed E-state index contributed by atoms with van der Waals surface area (Å²) in [6, 6.07) is -0.124. The first-order valence-electron chi connectivity index (χ1n) is 7.76. The number of carboxylic acid groups (broad SMARTS) is 1. The zero-order valence-corrected chi connectivity index (χ0v) is 12.5. The fourth-order valence-electron chi connectivity index (χ4n) is 3.65. The Morgan fingerprint density at radius 3 is 2.75 bits per heavy atom. The van der Waals surface area contributed by atoms with Gasteiger partial charge in [0.2, 0.25) is 5.91 Å². The molecule has 2 heterocycles. The van der Waals surface area contributed by atoms with Gasteiger partial charge in [-0.3, -0.25) is 9.59 Å². The Hall–Kier alpha value is -1.10. The highest BCUT2D eigenvalue weighted by Crippen LogP contribution is 2.35. The van der Waals surface area contributed by atoms with E-state index < -0.39 is 11.4 Å². The first kappa shape index (κ1) is 15.3. The molecule has 2 N–H and O–H groups in total. The van der Waals surface area contributed by atoms with Crippen molar-refractivity contribution in [1.82, 2.24) is 10.2 Å². The van der Waals surface area contributed by atoms with E-state index in [0.717, 1.165) is 25.8 Å². The van der Waals surface area contributed by atoms with Crippen molar-refractivity contribution in [3.63, 3.8) is 0 Å².